The first kappa shape index (κ1) is 36.1. The van der Waals surface area contributed by atoms with Crippen molar-refractivity contribution in [3.05, 3.63) is 195 Å². The maximum absolute atomic E-state index is 5.48. The van der Waals surface area contributed by atoms with Crippen LogP contribution < -0.4 is 0 Å². The van der Waals surface area contributed by atoms with Crippen molar-refractivity contribution in [2.75, 3.05) is 0 Å². The summed E-state index contributed by atoms with van der Waals surface area (Å²) in [6.07, 6.45) is 6.10. The van der Waals surface area contributed by atoms with Gasteiger partial charge in [-0.3, -0.25) is 9.97 Å². The van der Waals surface area contributed by atoms with E-state index >= 15 is 0 Å². The maximum atomic E-state index is 5.48. The van der Waals surface area contributed by atoms with E-state index < -0.39 is 5.41 Å². The van der Waals surface area contributed by atoms with Gasteiger partial charge in [0.05, 0.1) is 34.2 Å². The number of fused-ring (bicyclic) bond motifs is 3. The number of hydrogen-bond acceptors (Lipinski definition) is 4. The Morgan fingerprint density at radius 1 is 0.421 bits per heavy atom. The summed E-state index contributed by atoms with van der Waals surface area (Å²) >= 11 is 0. The summed E-state index contributed by atoms with van der Waals surface area (Å²) in [5, 5.41) is 0. The Hall–Kier alpha value is -6.52. The Balaban J connectivity index is 1.44. The van der Waals surface area contributed by atoms with Gasteiger partial charge in [-0.05, 0) is 169 Å². The zero-order valence-corrected chi connectivity index (χ0v) is 34.0. The molecule has 278 valence electrons. The second kappa shape index (κ2) is 13.9. The van der Waals surface area contributed by atoms with Crippen molar-refractivity contribution in [2.45, 2.75) is 55.4 Å². The van der Waals surface area contributed by atoms with Gasteiger partial charge in [-0.2, -0.15) is 0 Å². The van der Waals surface area contributed by atoms with Crippen LogP contribution in [0.5, 0.6) is 0 Å². The highest BCUT2D eigenvalue weighted by molar-refractivity contribution is 6.31. The van der Waals surface area contributed by atoms with E-state index in [0.29, 0.717) is 0 Å². The molecule has 7 aromatic rings. The van der Waals surface area contributed by atoms with Gasteiger partial charge >= 0.3 is 0 Å². The number of benzene rings is 3. The number of allylic oxidation sites excluding steroid dienone is 5. The van der Waals surface area contributed by atoms with E-state index in [1.54, 1.807) is 0 Å². The number of nitrogens with zero attached hydrogens (tertiary/aromatic N) is 4. The molecule has 4 nitrogen and oxygen atoms in total. The van der Waals surface area contributed by atoms with Crippen LogP contribution in [-0.4, -0.2) is 19.9 Å². The Morgan fingerprint density at radius 2 is 0.895 bits per heavy atom. The molecule has 0 aliphatic heterocycles. The zero-order chi connectivity index (χ0) is 39.6. The summed E-state index contributed by atoms with van der Waals surface area (Å²) < 4.78 is 0. The van der Waals surface area contributed by atoms with Gasteiger partial charge < -0.3 is 0 Å². The van der Waals surface area contributed by atoms with Crippen molar-refractivity contribution in [1.29, 1.82) is 0 Å². The standard InChI is InChI=1S/C53H46N4/c1-31-26-33(3)46(34(4)27-31)50-49-39(30-37-16-13-17-38(48(37)49)40-20-14-21-43(56-40)41-18-9-11-24-54-41)53(7,8)52(51(50)47-35(5)28-32(2)29-36(47)6)45-23-15-22-44(57-45)42-19-10-12-25-55-42/h9-30H,1-8H3. The van der Waals surface area contributed by atoms with E-state index in [2.05, 4.69) is 139 Å². The third-order valence-electron chi connectivity index (χ3n) is 11.7. The van der Waals surface area contributed by atoms with Crippen LogP contribution >= 0.6 is 0 Å². The lowest BCUT2D eigenvalue weighted by molar-refractivity contribution is 0.625. The van der Waals surface area contributed by atoms with E-state index in [4.69, 9.17) is 15.0 Å². The second-order valence-electron chi connectivity index (χ2n) is 16.2. The lowest BCUT2D eigenvalue weighted by Gasteiger charge is -2.41. The lowest BCUT2D eigenvalue weighted by atomic mass is 9.62. The van der Waals surface area contributed by atoms with Gasteiger partial charge in [0, 0.05) is 23.4 Å². The van der Waals surface area contributed by atoms with Crippen LogP contribution in [0, 0.1) is 47.0 Å². The first-order valence-electron chi connectivity index (χ1n) is 19.8. The Kier molecular flexibility index (Phi) is 8.81. The molecule has 4 aromatic heterocycles. The molecule has 3 aromatic carbocycles. The SMILES string of the molecule is Cc1cc(C)c(C2=C3C(=Cc4cccc(-c5cccc(-c6ccccn6)n5)c43)C(C)(C)C(c3cccc(-c4ccccn4)n3)=C2c2c(C)cc(C)cc2C)c(C)c1. The van der Waals surface area contributed by atoms with Gasteiger partial charge in [-0.25, -0.2) is 9.97 Å². The molecule has 2 aliphatic rings. The molecule has 4 heterocycles. The molecule has 4 heteroatoms. The highest BCUT2D eigenvalue weighted by Gasteiger charge is 2.45. The smallest absolute Gasteiger partial charge is 0.0893 e. The monoisotopic (exact) mass is 738 g/mol. The fourth-order valence-electron chi connectivity index (χ4n) is 9.56. The Morgan fingerprint density at radius 3 is 1.44 bits per heavy atom. The summed E-state index contributed by atoms with van der Waals surface area (Å²) in [7, 11) is 0. The molecule has 0 atom stereocenters. The number of hydrogen-bond donors (Lipinski definition) is 0. The van der Waals surface area contributed by atoms with Crippen molar-refractivity contribution < 1.29 is 0 Å². The normalized spacial score (nSPS) is 14.4. The average Bonchev–Trinajstić information content (AvgIpc) is 3.60. The number of pyridine rings is 4. The molecule has 57 heavy (non-hydrogen) atoms. The molecule has 0 spiro atoms. The molecular formula is C53H46N4. The average molecular weight is 739 g/mol. The Labute approximate surface area is 336 Å². The van der Waals surface area contributed by atoms with Crippen molar-refractivity contribution in [1.82, 2.24) is 19.9 Å². The van der Waals surface area contributed by atoms with Crippen molar-refractivity contribution >= 4 is 28.4 Å². The molecular weight excluding hydrogens is 693 g/mol. The summed E-state index contributed by atoms with van der Waals surface area (Å²) in [5.74, 6) is 0. The van der Waals surface area contributed by atoms with Crippen molar-refractivity contribution in [3.8, 4) is 34.0 Å². The van der Waals surface area contributed by atoms with Crippen LogP contribution in [0.25, 0.3) is 62.4 Å². The molecule has 0 saturated heterocycles. The van der Waals surface area contributed by atoms with Gasteiger partial charge in [-0.1, -0.05) is 91.7 Å². The van der Waals surface area contributed by atoms with Crippen LogP contribution in [-0.2, 0) is 0 Å². The number of aryl methyl sites for hydroxylation is 6. The molecule has 0 N–H and O–H groups in total. The van der Waals surface area contributed by atoms with Crippen LogP contribution in [0.4, 0.5) is 0 Å². The number of aromatic nitrogens is 4. The predicted octanol–water partition coefficient (Wildman–Crippen LogP) is 13.1. The quantitative estimate of drug-likeness (QED) is 0.170. The van der Waals surface area contributed by atoms with Crippen molar-refractivity contribution in [3.63, 3.8) is 0 Å². The molecule has 0 fully saturated rings. The van der Waals surface area contributed by atoms with Gasteiger partial charge in [0.2, 0.25) is 0 Å². The van der Waals surface area contributed by atoms with E-state index in [1.807, 2.05) is 54.9 Å². The topological polar surface area (TPSA) is 51.6 Å². The fraction of sp³-hybridized carbons (Fsp3) is 0.170. The predicted molar refractivity (Wildman–Crippen MR) is 237 cm³/mol. The third kappa shape index (κ3) is 6.08. The van der Waals surface area contributed by atoms with E-state index in [-0.39, 0.29) is 0 Å². The number of rotatable bonds is 6. The largest absolute Gasteiger partial charge is 0.255 e. The van der Waals surface area contributed by atoms with E-state index in [9.17, 15) is 0 Å². The molecule has 9 rings (SSSR count). The van der Waals surface area contributed by atoms with E-state index in [0.717, 1.165) is 39.7 Å². The van der Waals surface area contributed by atoms with Crippen molar-refractivity contribution in [2.24, 2.45) is 5.41 Å². The minimum Gasteiger partial charge on any atom is -0.255 e. The van der Waals surface area contributed by atoms with Crippen LogP contribution in [0.1, 0.15) is 75.2 Å². The lowest BCUT2D eigenvalue weighted by Crippen LogP contribution is -2.25. The molecule has 0 saturated carbocycles. The van der Waals surface area contributed by atoms with Gasteiger partial charge in [0.1, 0.15) is 0 Å². The third-order valence-corrected chi connectivity index (χ3v) is 11.7. The van der Waals surface area contributed by atoms with E-state index in [1.165, 1.54) is 83.5 Å². The highest BCUT2D eigenvalue weighted by Crippen LogP contribution is 2.63. The summed E-state index contributed by atoms with van der Waals surface area (Å²) in [4.78, 5) is 20.1. The van der Waals surface area contributed by atoms with Gasteiger partial charge in [0.15, 0.2) is 0 Å². The fourth-order valence-corrected chi connectivity index (χ4v) is 9.56. The summed E-state index contributed by atoms with van der Waals surface area (Å²) in [5.41, 5.74) is 24.7. The summed E-state index contributed by atoms with van der Waals surface area (Å²) in [6, 6.07) is 40.7. The van der Waals surface area contributed by atoms with Gasteiger partial charge in [0.25, 0.3) is 0 Å². The second-order valence-corrected chi connectivity index (χ2v) is 16.2. The first-order chi connectivity index (χ1) is 27.5. The first-order valence-corrected chi connectivity index (χ1v) is 19.8. The molecule has 0 radical (unpaired) electrons. The maximum Gasteiger partial charge on any atom is 0.0893 e. The van der Waals surface area contributed by atoms with Crippen LogP contribution in [0.2, 0.25) is 0 Å². The summed E-state index contributed by atoms with van der Waals surface area (Å²) in [6.45, 7) is 18.3. The van der Waals surface area contributed by atoms with Gasteiger partial charge in [-0.15, -0.1) is 0 Å². The zero-order valence-electron chi connectivity index (χ0n) is 34.0. The minimum atomic E-state index is -0.459. The van der Waals surface area contributed by atoms with Crippen LogP contribution in [0.3, 0.4) is 0 Å². The highest BCUT2D eigenvalue weighted by atomic mass is 14.8. The molecule has 0 unspecified atom stereocenters. The minimum absolute atomic E-state index is 0.459. The molecule has 2 aliphatic carbocycles. The van der Waals surface area contributed by atoms with Crippen LogP contribution in [0.15, 0.2) is 133 Å². The Bertz CT molecular complexity index is 2810. The molecule has 0 bridgehead atoms. The molecule has 0 amide bonds.